The number of carbonyl (C=O) groups is 1. The molecule has 3 heteroatoms. The maximum Gasteiger partial charge on any atom is 0.219 e. The van der Waals surface area contributed by atoms with Crippen molar-refractivity contribution in [2.45, 2.75) is 25.4 Å². The van der Waals surface area contributed by atoms with Crippen LogP contribution < -0.4 is 0 Å². The van der Waals surface area contributed by atoms with E-state index in [1.165, 1.54) is 11.1 Å². The van der Waals surface area contributed by atoms with Crippen LogP contribution >= 0.6 is 0 Å². The highest BCUT2D eigenvalue weighted by Crippen LogP contribution is 2.30. The van der Waals surface area contributed by atoms with Gasteiger partial charge < -0.3 is 9.64 Å². The maximum atomic E-state index is 11.6. The SMILES string of the molecule is CC(=O)N1CCO[C@H](CC(c2ccccc2)c2ccccc2)C1. The van der Waals surface area contributed by atoms with Crippen LogP contribution in [0, 0.1) is 0 Å². The predicted molar refractivity (Wildman–Crippen MR) is 91.3 cm³/mol. The highest BCUT2D eigenvalue weighted by atomic mass is 16.5. The summed E-state index contributed by atoms with van der Waals surface area (Å²) in [5.41, 5.74) is 2.59. The summed E-state index contributed by atoms with van der Waals surface area (Å²) in [6, 6.07) is 21.1. The van der Waals surface area contributed by atoms with Crippen LogP contribution in [0.4, 0.5) is 0 Å². The fourth-order valence-electron chi connectivity index (χ4n) is 3.25. The van der Waals surface area contributed by atoms with E-state index in [1.807, 2.05) is 17.0 Å². The van der Waals surface area contributed by atoms with Gasteiger partial charge in [-0.1, -0.05) is 60.7 Å². The molecule has 1 heterocycles. The van der Waals surface area contributed by atoms with Crippen LogP contribution in [0.25, 0.3) is 0 Å². The third-order valence-electron chi connectivity index (χ3n) is 4.49. The average molecular weight is 309 g/mol. The molecule has 0 saturated carbocycles. The van der Waals surface area contributed by atoms with Crippen LogP contribution in [-0.4, -0.2) is 36.6 Å². The molecule has 1 aliphatic rings. The zero-order valence-corrected chi connectivity index (χ0v) is 13.5. The van der Waals surface area contributed by atoms with Crippen molar-refractivity contribution in [1.82, 2.24) is 4.90 Å². The Bertz CT molecular complexity index is 587. The summed E-state index contributed by atoms with van der Waals surface area (Å²) in [5, 5.41) is 0. The van der Waals surface area contributed by atoms with E-state index in [-0.39, 0.29) is 17.9 Å². The lowest BCUT2D eigenvalue weighted by atomic mass is 9.86. The summed E-state index contributed by atoms with van der Waals surface area (Å²) >= 11 is 0. The van der Waals surface area contributed by atoms with E-state index in [1.54, 1.807) is 6.92 Å². The van der Waals surface area contributed by atoms with Gasteiger partial charge in [-0.15, -0.1) is 0 Å². The van der Waals surface area contributed by atoms with Crippen LogP contribution in [0.15, 0.2) is 60.7 Å². The molecule has 0 radical (unpaired) electrons. The first kappa shape index (κ1) is 15.8. The second kappa shape index (κ2) is 7.42. The number of hydrogen-bond donors (Lipinski definition) is 0. The van der Waals surface area contributed by atoms with Gasteiger partial charge in [0.15, 0.2) is 0 Å². The number of benzene rings is 2. The molecular formula is C20H23NO2. The number of ether oxygens (including phenoxy) is 1. The summed E-state index contributed by atoms with van der Waals surface area (Å²) in [4.78, 5) is 13.5. The number of hydrogen-bond acceptors (Lipinski definition) is 2. The van der Waals surface area contributed by atoms with E-state index in [2.05, 4.69) is 48.5 Å². The lowest BCUT2D eigenvalue weighted by Gasteiger charge is -2.34. The van der Waals surface area contributed by atoms with Gasteiger partial charge in [0.1, 0.15) is 0 Å². The molecule has 1 saturated heterocycles. The van der Waals surface area contributed by atoms with E-state index in [0.717, 1.165) is 6.42 Å². The Hall–Kier alpha value is -2.13. The quantitative estimate of drug-likeness (QED) is 0.865. The molecule has 0 spiro atoms. The van der Waals surface area contributed by atoms with E-state index >= 15 is 0 Å². The number of amides is 1. The first-order chi connectivity index (χ1) is 11.2. The third-order valence-corrected chi connectivity index (χ3v) is 4.49. The van der Waals surface area contributed by atoms with Gasteiger partial charge in [0, 0.05) is 25.9 Å². The molecule has 1 atom stereocenters. The van der Waals surface area contributed by atoms with E-state index in [4.69, 9.17) is 4.74 Å². The largest absolute Gasteiger partial charge is 0.375 e. The van der Waals surface area contributed by atoms with Gasteiger partial charge in [-0.25, -0.2) is 0 Å². The summed E-state index contributed by atoms with van der Waals surface area (Å²) in [7, 11) is 0. The Balaban J connectivity index is 1.81. The summed E-state index contributed by atoms with van der Waals surface area (Å²) in [5.74, 6) is 0.420. The molecule has 0 aliphatic carbocycles. The highest BCUT2D eigenvalue weighted by molar-refractivity contribution is 5.73. The van der Waals surface area contributed by atoms with Crippen LogP contribution in [0.3, 0.4) is 0 Å². The Labute approximate surface area is 137 Å². The van der Waals surface area contributed by atoms with Gasteiger partial charge in [-0.3, -0.25) is 4.79 Å². The average Bonchev–Trinajstić information content (AvgIpc) is 2.61. The number of morpholine rings is 1. The van der Waals surface area contributed by atoms with Gasteiger partial charge in [0.05, 0.1) is 12.7 Å². The lowest BCUT2D eigenvalue weighted by Crippen LogP contribution is -2.45. The Morgan fingerprint density at radius 1 is 1.09 bits per heavy atom. The van der Waals surface area contributed by atoms with Crippen molar-refractivity contribution in [3.05, 3.63) is 71.8 Å². The fraction of sp³-hybridized carbons (Fsp3) is 0.350. The Morgan fingerprint density at radius 3 is 2.17 bits per heavy atom. The molecule has 23 heavy (non-hydrogen) atoms. The molecule has 3 rings (SSSR count). The Kier molecular flexibility index (Phi) is 5.09. The second-order valence-corrected chi connectivity index (χ2v) is 6.07. The van der Waals surface area contributed by atoms with Crippen LogP contribution in [0.1, 0.15) is 30.4 Å². The van der Waals surface area contributed by atoms with Gasteiger partial charge in [-0.05, 0) is 17.5 Å². The topological polar surface area (TPSA) is 29.5 Å². The molecule has 0 bridgehead atoms. The molecule has 1 fully saturated rings. The van der Waals surface area contributed by atoms with E-state index < -0.39 is 0 Å². The van der Waals surface area contributed by atoms with Crippen molar-refractivity contribution in [2.24, 2.45) is 0 Å². The molecule has 0 unspecified atom stereocenters. The minimum absolute atomic E-state index is 0.0815. The first-order valence-electron chi connectivity index (χ1n) is 8.21. The van der Waals surface area contributed by atoms with Gasteiger partial charge in [-0.2, -0.15) is 0 Å². The van der Waals surface area contributed by atoms with Crippen LogP contribution in [0.2, 0.25) is 0 Å². The summed E-state index contributed by atoms with van der Waals surface area (Å²) in [6.07, 6.45) is 0.968. The van der Waals surface area contributed by atoms with E-state index in [9.17, 15) is 4.79 Å². The van der Waals surface area contributed by atoms with Crippen molar-refractivity contribution >= 4 is 5.91 Å². The van der Waals surface area contributed by atoms with Crippen molar-refractivity contribution in [2.75, 3.05) is 19.7 Å². The molecule has 1 aliphatic heterocycles. The van der Waals surface area contributed by atoms with E-state index in [0.29, 0.717) is 19.7 Å². The normalized spacial score (nSPS) is 18.2. The van der Waals surface area contributed by atoms with Crippen LogP contribution in [0.5, 0.6) is 0 Å². The minimum atomic E-state index is 0.0815. The van der Waals surface area contributed by atoms with Crippen molar-refractivity contribution in [3.8, 4) is 0 Å². The molecule has 2 aromatic rings. The lowest BCUT2D eigenvalue weighted by molar-refractivity contribution is -0.136. The zero-order chi connectivity index (χ0) is 16.1. The summed E-state index contributed by atoms with van der Waals surface area (Å²) < 4.78 is 5.94. The second-order valence-electron chi connectivity index (χ2n) is 6.07. The maximum absolute atomic E-state index is 11.6. The van der Waals surface area contributed by atoms with Crippen molar-refractivity contribution in [1.29, 1.82) is 0 Å². The molecule has 1 amide bonds. The number of carbonyl (C=O) groups excluding carboxylic acids is 1. The van der Waals surface area contributed by atoms with Crippen LogP contribution in [-0.2, 0) is 9.53 Å². The fourth-order valence-corrected chi connectivity index (χ4v) is 3.25. The minimum Gasteiger partial charge on any atom is -0.375 e. The molecule has 0 N–H and O–H groups in total. The first-order valence-corrected chi connectivity index (χ1v) is 8.21. The standard InChI is InChI=1S/C20H23NO2/c1-16(22)21-12-13-23-19(15-21)14-20(17-8-4-2-5-9-17)18-10-6-3-7-11-18/h2-11,19-20H,12-15H2,1H3/t19-/m1/s1. The molecule has 3 nitrogen and oxygen atoms in total. The zero-order valence-electron chi connectivity index (χ0n) is 13.5. The molecule has 2 aromatic carbocycles. The van der Waals surface area contributed by atoms with Gasteiger partial charge in [0.25, 0.3) is 0 Å². The van der Waals surface area contributed by atoms with Gasteiger partial charge >= 0.3 is 0 Å². The molecule has 120 valence electrons. The molecule has 0 aromatic heterocycles. The number of rotatable bonds is 4. The third kappa shape index (κ3) is 3.99. The van der Waals surface area contributed by atoms with Crippen molar-refractivity contribution in [3.63, 3.8) is 0 Å². The Morgan fingerprint density at radius 2 is 1.65 bits per heavy atom. The summed E-state index contributed by atoms with van der Waals surface area (Å²) in [6.45, 7) is 3.65. The smallest absolute Gasteiger partial charge is 0.219 e. The number of nitrogens with zero attached hydrogens (tertiary/aromatic N) is 1. The highest BCUT2D eigenvalue weighted by Gasteiger charge is 2.26. The monoisotopic (exact) mass is 309 g/mol. The predicted octanol–water partition coefficient (Wildman–Crippen LogP) is 3.46. The van der Waals surface area contributed by atoms with Gasteiger partial charge in [0.2, 0.25) is 5.91 Å². The van der Waals surface area contributed by atoms with Crippen molar-refractivity contribution < 1.29 is 9.53 Å². The molecular weight excluding hydrogens is 286 g/mol.